The monoisotopic (exact) mass is 405 g/mol. The molecule has 0 unspecified atom stereocenters. The summed E-state index contributed by atoms with van der Waals surface area (Å²) in [5.74, 6) is 2.49. The number of thiophene rings is 1. The minimum absolute atomic E-state index is 0.00590. The number of thioether (sulfide) groups is 1. The summed E-state index contributed by atoms with van der Waals surface area (Å²) in [6.07, 6.45) is 2.40. The van der Waals surface area contributed by atoms with Crippen LogP contribution in [-0.2, 0) is 11.3 Å². The number of nitrogens with zero attached hydrogens (tertiary/aromatic N) is 5. The molecule has 4 rings (SSSR count). The number of hydrogen-bond acceptors (Lipinski definition) is 8. The van der Waals surface area contributed by atoms with Gasteiger partial charge in [0.1, 0.15) is 0 Å². The lowest BCUT2D eigenvalue weighted by molar-refractivity contribution is 0.0953. The van der Waals surface area contributed by atoms with Gasteiger partial charge < -0.3 is 9.26 Å². The largest absolute Gasteiger partial charge is 0.376 e. The van der Waals surface area contributed by atoms with Crippen molar-refractivity contribution in [2.45, 2.75) is 62.6 Å². The standard InChI is InChI=1S/C18H23N5O2S2/c1-11(2)15-19-17(25-22-15)12(3)27-18-21-20-16(14-7-5-9-26-14)23(18)10-13-6-4-8-24-13/h5,7,9,11-13H,4,6,8,10H2,1-3H3/t12-,13+/m1/s1. The highest BCUT2D eigenvalue weighted by Crippen LogP contribution is 2.36. The first kappa shape index (κ1) is 18.6. The van der Waals surface area contributed by atoms with E-state index >= 15 is 0 Å². The van der Waals surface area contributed by atoms with Gasteiger partial charge in [0.15, 0.2) is 16.8 Å². The zero-order valence-corrected chi connectivity index (χ0v) is 17.3. The Kier molecular flexibility index (Phi) is 5.60. The summed E-state index contributed by atoms with van der Waals surface area (Å²) in [7, 11) is 0. The fraction of sp³-hybridized carbons (Fsp3) is 0.556. The average molecular weight is 406 g/mol. The molecule has 3 aromatic rings. The van der Waals surface area contributed by atoms with Crippen molar-refractivity contribution in [3.8, 4) is 10.7 Å². The van der Waals surface area contributed by atoms with Gasteiger partial charge >= 0.3 is 0 Å². The smallest absolute Gasteiger partial charge is 0.239 e. The summed E-state index contributed by atoms with van der Waals surface area (Å²) in [5, 5.41) is 15.9. The summed E-state index contributed by atoms with van der Waals surface area (Å²) in [4.78, 5) is 5.63. The van der Waals surface area contributed by atoms with Crippen LogP contribution in [0.1, 0.15) is 56.5 Å². The Bertz CT molecular complexity index is 868. The quantitative estimate of drug-likeness (QED) is 0.534. The molecule has 144 valence electrons. The molecule has 1 saturated heterocycles. The molecule has 1 fully saturated rings. The second kappa shape index (κ2) is 8.12. The van der Waals surface area contributed by atoms with Crippen molar-refractivity contribution in [2.24, 2.45) is 0 Å². The van der Waals surface area contributed by atoms with E-state index < -0.39 is 0 Å². The van der Waals surface area contributed by atoms with Crippen molar-refractivity contribution < 1.29 is 9.26 Å². The summed E-state index contributed by atoms with van der Waals surface area (Å²) < 4.78 is 13.5. The molecule has 0 amide bonds. The first-order valence-corrected chi connectivity index (χ1v) is 11.0. The first-order chi connectivity index (χ1) is 13.1. The Morgan fingerprint density at radius 3 is 2.89 bits per heavy atom. The lowest BCUT2D eigenvalue weighted by Gasteiger charge is -2.15. The van der Waals surface area contributed by atoms with Crippen molar-refractivity contribution in [3.63, 3.8) is 0 Å². The maximum absolute atomic E-state index is 5.85. The van der Waals surface area contributed by atoms with Crippen LogP contribution in [0.25, 0.3) is 10.7 Å². The van der Waals surface area contributed by atoms with E-state index in [1.54, 1.807) is 23.1 Å². The molecule has 0 radical (unpaired) electrons. The summed E-state index contributed by atoms with van der Waals surface area (Å²) in [6, 6.07) is 4.11. The molecule has 0 N–H and O–H groups in total. The van der Waals surface area contributed by atoms with Crippen molar-refractivity contribution in [3.05, 3.63) is 29.2 Å². The molecule has 7 nitrogen and oxygen atoms in total. The lowest BCUT2D eigenvalue weighted by Crippen LogP contribution is -2.16. The maximum Gasteiger partial charge on any atom is 0.239 e. The van der Waals surface area contributed by atoms with Gasteiger partial charge in [-0.2, -0.15) is 4.98 Å². The van der Waals surface area contributed by atoms with Crippen LogP contribution in [0.2, 0.25) is 0 Å². The molecule has 0 aromatic carbocycles. The number of ether oxygens (including phenoxy) is 1. The highest BCUT2D eigenvalue weighted by molar-refractivity contribution is 7.99. The Morgan fingerprint density at radius 1 is 1.33 bits per heavy atom. The minimum Gasteiger partial charge on any atom is -0.376 e. The fourth-order valence-corrected chi connectivity index (χ4v) is 4.58. The normalized spacial score (nSPS) is 18.4. The molecular formula is C18H23N5O2S2. The van der Waals surface area contributed by atoms with E-state index in [4.69, 9.17) is 9.26 Å². The third-order valence-corrected chi connectivity index (χ3v) is 6.41. The van der Waals surface area contributed by atoms with E-state index in [-0.39, 0.29) is 17.3 Å². The van der Waals surface area contributed by atoms with E-state index in [9.17, 15) is 0 Å². The minimum atomic E-state index is -0.00590. The van der Waals surface area contributed by atoms with Crippen LogP contribution in [-0.4, -0.2) is 37.6 Å². The molecule has 1 aliphatic heterocycles. The van der Waals surface area contributed by atoms with Crippen LogP contribution in [0.4, 0.5) is 0 Å². The summed E-state index contributed by atoms with van der Waals surface area (Å²) in [6.45, 7) is 7.75. The molecule has 0 saturated carbocycles. The van der Waals surface area contributed by atoms with E-state index in [1.165, 1.54) is 0 Å². The Morgan fingerprint density at radius 2 is 2.22 bits per heavy atom. The molecule has 2 atom stereocenters. The number of rotatable bonds is 7. The van der Waals surface area contributed by atoms with Gasteiger partial charge in [0, 0.05) is 12.5 Å². The Labute approximate surface area is 166 Å². The van der Waals surface area contributed by atoms with Gasteiger partial charge in [0.25, 0.3) is 0 Å². The average Bonchev–Trinajstić information content (AvgIpc) is 3.44. The highest BCUT2D eigenvalue weighted by atomic mass is 32.2. The van der Waals surface area contributed by atoms with Gasteiger partial charge in [-0.3, -0.25) is 4.57 Å². The van der Waals surface area contributed by atoms with Gasteiger partial charge in [-0.15, -0.1) is 21.5 Å². The summed E-state index contributed by atoms with van der Waals surface area (Å²) >= 11 is 3.26. The molecule has 27 heavy (non-hydrogen) atoms. The Balaban J connectivity index is 1.59. The van der Waals surface area contributed by atoms with Crippen LogP contribution in [0.5, 0.6) is 0 Å². The van der Waals surface area contributed by atoms with E-state index in [0.29, 0.717) is 5.89 Å². The fourth-order valence-electron chi connectivity index (χ4n) is 2.98. The Hall–Kier alpha value is -1.71. The van der Waals surface area contributed by atoms with Gasteiger partial charge in [-0.05, 0) is 31.2 Å². The number of aromatic nitrogens is 5. The third-order valence-electron chi connectivity index (χ3n) is 4.47. The highest BCUT2D eigenvalue weighted by Gasteiger charge is 2.25. The van der Waals surface area contributed by atoms with Crippen LogP contribution in [0.15, 0.2) is 27.2 Å². The second-order valence-corrected chi connectivity index (χ2v) is 9.19. The molecule has 1 aliphatic rings. The van der Waals surface area contributed by atoms with Gasteiger partial charge in [-0.25, -0.2) is 0 Å². The number of hydrogen-bond donors (Lipinski definition) is 0. The molecule has 9 heteroatoms. The molecular weight excluding hydrogens is 382 g/mol. The zero-order valence-electron chi connectivity index (χ0n) is 15.7. The molecule has 0 bridgehead atoms. The molecule has 0 aliphatic carbocycles. The van der Waals surface area contributed by atoms with Crippen molar-refractivity contribution in [1.82, 2.24) is 24.9 Å². The van der Waals surface area contributed by atoms with E-state index in [1.807, 2.05) is 6.07 Å². The van der Waals surface area contributed by atoms with E-state index in [2.05, 4.69) is 57.1 Å². The topological polar surface area (TPSA) is 78.9 Å². The van der Waals surface area contributed by atoms with Crippen LogP contribution in [0, 0.1) is 0 Å². The van der Waals surface area contributed by atoms with Crippen LogP contribution >= 0.6 is 23.1 Å². The summed E-state index contributed by atoms with van der Waals surface area (Å²) in [5.41, 5.74) is 0. The SMILES string of the molecule is CC(C)c1noc([C@@H](C)Sc2nnc(-c3cccs3)n2C[C@@H]2CCCO2)n1. The second-order valence-electron chi connectivity index (χ2n) is 6.93. The maximum atomic E-state index is 5.85. The van der Waals surface area contributed by atoms with Crippen LogP contribution in [0.3, 0.4) is 0 Å². The predicted molar refractivity (Wildman–Crippen MR) is 105 cm³/mol. The molecule has 0 spiro atoms. The third kappa shape index (κ3) is 4.09. The van der Waals surface area contributed by atoms with Gasteiger partial charge in [0.05, 0.1) is 22.8 Å². The lowest BCUT2D eigenvalue weighted by atomic mass is 10.2. The van der Waals surface area contributed by atoms with Gasteiger partial charge in [0.2, 0.25) is 5.89 Å². The first-order valence-electron chi connectivity index (χ1n) is 9.20. The van der Waals surface area contributed by atoms with E-state index in [0.717, 1.165) is 47.7 Å². The molecule has 3 aromatic heterocycles. The van der Waals surface area contributed by atoms with Crippen molar-refractivity contribution in [2.75, 3.05) is 6.61 Å². The molecule has 4 heterocycles. The zero-order chi connectivity index (χ0) is 18.8. The van der Waals surface area contributed by atoms with Crippen molar-refractivity contribution in [1.29, 1.82) is 0 Å². The van der Waals surface area contributed by atoms with Crippen molar-refractivity contribution >= 4 is 23.1 Å². The van der Waals surface area contributed by atoms with Gasteiger partial charge in [-0.1, -0.05) is 36.8 Å². The predicted octanol–water partition coefficient (Wildman–Crippen LogP) is 4.55. The van der Waals surface area contributed by atoms with Crippen LogP contribution < -0.4 is 0 Å².